The van der Waals surface area contributed by atoms with Crippen molar-refractivity contribution in [2.75, 3.05) is 6.61 Å². The Morgan fingerprint density at radius 3 is 2.69 bits per heavy atom. The minimum Gasteiger partial charge on any atom is -0.462 e. The van der Waals surface area contributed by atoms with Gasteiger partial charge in [0.1, 0.15) is 6.07 Å². The van der Waals surface area contributed by atoms with E-state index >= 15 is 0 Å². The van der Waals surface area contributed by atoms with Crippen molar-refractivity contribution in [3.8, 4) is 6.07 Å². The van der Waals surface area contributed by atoms with E-state index in [1.807, 2.05) is 13.0 Å². The molecule has 0 unspecified atom stereocenters. The van der Waals surface area contributed by atoms with E-state index in [-0.39, 0.29) is 0 Å². The molecule has 0 aliphatic carbocycles. The summed E-state index contributed by atoms with van der Waals surface area (Å²) in [5, 5.41) is 9.21. The lowest BCUT2D eigenvalue weighted by molar-refractivity contribution is 0.0526. The molecule has 0 amide bonds. The van der Waals surface area contributed by atoms with E-state index in [0.717, 1.165) is 5.56 Å². The van der Waals surface area contributed by atoms with Gasteiger partial charge >= 0.3 is 5.97 Å². The molecule has 0 aliphatic rings. The highest BCUT2D eigenvalue weighted by atomic mass is 35.5. The third-order valence-electron chi connectivity index (χ3n) is 2.18. The molecule has 4 heteroatoms. The van der Waals surface area contributed by atoms with Gasteiger partial charge in [-0.3, -0.25) is 0 Å². The number of halogens is 1. The molecule has 3 nitrogen and oxygen atoms in total. The van der Waals surface area contributed by atoms with Gasteiger partial charge < -0.3 is 4.74 Å². The Bertz CT molecular complexity index is 449. The Balaban J connectivity index is 3.21. The number of nitrogens with zero attached hydrogens (tertiary/aromatic N) is 1. The van der Waals surface area contributed by atoms with E-state index in [1.165, 1.54) is 6.07 Å². The molecule has 0 radical (unpaired) electrons. The monoisotopic (exact) mass is 237 g/mol. The summed E-state index contributed by atoms with van der Waals surface area (Å²) in [5.41, 5.74) is 1.58. The first-order valence-electron chi connectivity index (χ1n) is 5.03. The van der Waals surface area contributed by atoms with E-state index in [2.05, 4.69) is 0 Å². The third kappa shape index (κ3) is 2.53. The maximum Gasteiger partial charge on any atom is 0.338 e. The van der Waals surface area contributed by atoms with Crippen LogP contribution in [0.15, 0.2) is 12.1 Å². The number of aryl methyl sites for hydroxylation is 1. The van der Waals surface area contributed by atoms with Crippen molar-refractivity contribution in [3.63, 3.8) is 0 Å². The highest BCUT2D eigenvalue weighted by molar-refractivity contribution is 6.32. The number of benzene rings is 1. The molecule has 1 aromatic rings. The molecular formula is C12H12ClNO2. The minimum absolute atomic E-state index is 0.296. The van der Waals surface area contributed by atoms with Crippen LogP contribution >= 0.6 is 11.6 Å². The van der Waals surface area contributed by atoms with Crippen LogP contribution in [0.5, 0.6) is 0 Å². The molecule has 0 aliphatic heterocycles. The molecule has 1 rings (SSSR count). The van der Waals surface area contributed by atoms with Crippen LogP contribution in [0, 0.1) is 11.3 Å². The first-order chi connectivity index (χ1) is 7.63. The number of carbonyl (C=O) groups excluding carboxylic acids is 1. The van der Waals surface area contributed by atoms with Crippen molar-refractivity contribution >= 4 is 17.6 Å². The first-order valence-corrected chi connectivity index (χ1v) is 5.41. The second-order valence-corrected chi connectivity index (χ2v) is 3.59. The topological polar surface area (TPSA) is 50.1 Å². The van der Waals surface area contributed by atoms with Gasteiger partial charge in [-0.15, -0.1) is 0 Å². The number of rotatable bonds is 3. The molecule has 0 N–H and O–H groups in total. The number of carbonyl (C=O) groups is 1. The predicted molar refractivity (Wildman–Crippen MR) is 61.5 cm³/mol. The zero-order valence-corrected chi connectivity index (χ0v) is 9.97. The Labute approximate surface area is 99.6 Å². The average Bonchev–Trinajstić information content (AvgIpc) is 2.28. The zero-order chi connectivity index (χ0) is 12.1. The van der Waals surface area contributed by atoms with Gasteiger partial charge in [-0.2, -0.15) is 5.26 Å². The Morgan fingerprint density at radius 2 is 2.19 bits per heavy atom. The van der Waals surface area contributed by atoms with Gasteiger partial charge in [-0.25, -0.2) is 4.79 Å². The fourth-order valence-corrected chi connectivity index (χ4v) is 1.68. The maximum absolute atomic E-state index is 11.5. The molecule has 1 aromatic carbocycles. The highest BCUT2D eigenvalue weighted by Gasteiger charge is 2.13. The Morgan fingerprint density at radius 1 is 1.50 bits per heavy atom. The van der Waals surface area contributed by atoms with Gasteiger partial charge in [0.25, 0.3) is 0 Å². The second kappa shape index (κ2) is 5.53. The molecule has 0 bridgehead atoms. The van der Waals surface area contributed by atoms with E-state index in [0.29, 0.717) is 29.2 Å². The van der Waals surface area contributed by atoms with E-state index in [1.54, 1.807) is 13.0 Å². The quantitative estimate of drug-likeness (QED) is 0.760. The van der Waals surface area contributed by atoms with Gasteiger partial charge in [0.05, 0.1) is 22.8 Å². The number of ether oxygens (including phenoxy) is 1. The summed E-state index contributed by atoms with van der Waals surface area (Å²) >= 11 is 5.93. The Kier molecular flexibility index (Phi) is 4.33. The predicted octanol–water partition coefficient (Wildman–Crippen LogP) is 2.95. The molecule has 84 valence electrons. The summed E-state index contributed by atoms with van der Waals surface area (Å²) in [6, 6.07) is 5.15. The number of nitriles is 1. The molecular weight excluding hydrogens is 226 g/mol. The van der Waals surface area contributed by atoms with Crippen LogP contribution in [0.25, 0.3) is 0 Å². The van der Waals surface area contributed by atoms with Crippen LogP contribution in [-0.4, -0.2) is 12.6 Å². The molecule has 0 atom stereocenters. The minimum atomic E-state index is -0.413. The molecule has 0 fully saturated rings. The Hall–Kier alpha value is -1.53. The number of hydrogen-bond acceptors (Lipinski definition) is 3. The van der Waals surface area contributed by atoms with Gasteiger partial charge in [-0.05, 0) is 31.0 Å². The summed E-state index contributed by atoms with van der Waals surface area (Å²) in [5.74, 6) is -0.413. The van der Waals surface area contributed by atoms with Crippen molar-refractivity contribution in [2.45, 2.75) is 20.3 Å². The lowest BCUT2D eigenvalue weighted by Crippen LogP contribution is -2.06. The largest absolute Gasteiger partial charge is 0.462 e. The molecule has 0 saturated heterocycles. The normalized spacial score (nSPS) is 9.62. The van der Waals surface area contributed by atoms with Gasteiger partial charge in [-0.1, -0.05) is 18.5 Å². The summed E-state index contributed by atoms with van der Waals surface area (Å²) < 4.78 is 4.88. The van der Waals surface area contributed by atoms with E-state index in [4.69, 9.17) is 21.6 Å². The lowest BCUT2D eigenvalue weighted by atomic mass is 10.0. The molecule has 0 aromatic heterocycles. The smallest absolute Gasteiger partial charge is 0.338 e. The summed E-state index contributed by atoms with van der Waals surface area (Å²) in [6.07, 6.45) is 0.649. The first kappa shape index (κ1) is 12.5. The zero-order valence-electron chi connectivity index (χ0n) is 9.21. The van der Waals surface area contributed by atoms with Crippen molar-refractivity contribution in [2.24, 2.45) is 0 Å². The number of esters is 1. The highest BCUT2D eigenvalue weighted by Crippen LogP contribution is 2.22. The standard InChI is InChI=1S/C12H12ClNO2/c1-3-8-5-9(12(15)16-4-2)6-11(13)10(8)7-14/h5-6H,3-4H2,1-2H3. The summed E-state index contributed by atoms with van der Waals surface area (Å²) in [6.45, 7) is 3.96. The van der Waals surface area contributed by atoms with Crippen LogP contribution in [0.1, 0.15) is 35.3 Å². The van der Waals surface area contributed by atoms with Crippen molar-refractivity contribution in [1.29, 1.82) is 5.26 Å². The van der Waals surface area contributed by atoms with Crippen molar-refractivity contribution in [3.05, 3.63) is 33.8 Å². The number of hydrogen-bond donors (Lipinski definition) is 0. The van der Waals surface area contributed by atoms with Crippen LogP contribution in [0.2, 0.25) is 5.02 Å². The summed E-state index contributed by atoms with van der Waals surface area (Å²) in [4.78, 5) is 11.5. The fourth-order valence-electron chi connectivity index (χ4n) is 1.40. The fraction of sp³-hybridized carbons (Fsp3) is 0.333. The summed E-state index contributed by atoms with van der Waals surface area (Å²) in [7, 11) is 0. The van der Waals surface area contributed by atoms with Gasteiger partial charge in [0, 0.05) is 0 Å². The molecule has 0 heterocycles. The van der Waals surface area contributed by atoms with E-state index in [9.17, 15) is 4.79 Å². The molecule has 0 saturated carbocycles. The lowest BCUT2D eigenvalue weighted by Gasteiger charge is -2.07. The van der Waals surface area contributed by atoms with Crippen LogP contribution < -0.4 is 0 Å². The van der Waals surface area contributed by atoms with Crippen LogP contribution in [-0.2, 0) is 11.2 Å². The van der Waals surface area contributed by atoms with Gasteiger partial charge in [0.15, 0.2) is 0 Å². The van der Waals surface area contributed by atoms with Gasteiger partial charge in [0.2, 0.25) is 0 Å². The van der Waals surface area contributed by atoms with Crippen molar-refractivity contribution in [1.82, 2.24) is 0 Å². The molecule has 0 spiro atoms. The maximum atomic E-state index is 11.5. The average molecular weight is 238 g/mol. The van der Waals surface area contributed by atoms with Crippen LogP contribution in [0.4, 0.5) is 0 Å². The second-order valence-electron chi connectivity index (χ2n) is 3.18. The van der Waals surface area contributed by atoms with Crippen LogP contribution in [0.3, 0.4) is 0 Å². The van der Waals surface area contributed by atoms with Crippen molar-refractivity contribution < 1.29 is 9.53 Å². The molecule has 16 heavy (non-hydrogen) atoms. The third-order valence-corrected chi connectivity index (χ3v) is 2.47. The van der Waals surface area contributed by atoms with E-state index < -0.39 is 5.97 Å². The SMILES string of the molecule is CCOC(=O)c1cc(Cl)c(C#N)c(CC)c1.